The minimum absolute atomic E-state index is 0.0117. The van der Waals surface area contributed by atoms with E-state index in [1.807, 2.05) is 0 Å². The van der Waals surface area contributed by atoms with E-state index in [4.69, 9.17) is 9.47 Å². The van der Waals surface area contributed by atoms with Crippen LogP contribution in [0.1, 0.15) is 102 Å². The van der Waals surface area contributed by atoms with Gasteiger partial charge in [0.1, 0.15) is 5.60 Å². The second-order valence-corrected chi connectivity index (χ2v) is 15.1. The molecule has 5 fully saturated rings. The molecule has 0 aromatic rings. The molecule has 3 saturated carbocycles. The van der Waals surface area contributed by atoms with E-state index < -0.39 is 6.41 Å². The smallest absolute Gasteiger partial charge is 0.221 e. The molecule has 2 N–H and O–H groups in total. The van der Waals surface area contributed by atoms with E-state index >= 15 is 0 Å². The van der Waals surface area contributed by atoms with Crippen molar-refractivity contribution in [2.45, 2.75) is 125 Å². The summed E-state index contributed by atoms with van der Waals surface area (Å²) in [7, 11) is 0. The fourth-order valence-corrected chi connectivity index (χ4v) is 10.4. The minimum atomic E-state index is -0.396. The van der Waals surface area contributed by atoms with E-state index in [2.05, 4.69) is 86.8 Å². The molecule has 5 aliphatic rings. The van der Waals surface area contributed by atoms with Gasteiger partial charge in [-0.1, -0.05) is 89.0 Å². The molecule has 0 aromatic carbocycles. The first-order valence-corrected chi connectivity index (χ1v) is 13.3. The Labute approximate surface area is 201 Å². The SMILES string of the molecule is CC(C)[C@@]12NC(=O)CC1(C(C)(C)COC1N[C@@]3(CC4CC4)C(C)(C)C3(C(C)(C)C)O1)C2(C)C. The van der Waals surface area contributed by atoms with Crippen LogP contribution in [-0.2, 0) is 14.3 Å². The predicted molar refractivity (Wildman–Crippen MR) is 130 cm³/mol. The monoisotopic (exact) mass is 460 g/mol. The highest BCUT2D eigenvalue weighted by Crippen LogP contribution is 2.84. The van der Waals surface area contributed by atoms with E-state index in [0.29, 0.717) is 18.9 Å². The number of amides is 1. The van der Waals surface area contributed by atoms with Crippen molar-refractivity contribution in [1.29, 1.82) is 0 Å². The highest BCUT2D eigenvalue weighted by molar-refractivity contribution is 5.85. The standard InChI is InChI=1S/C28H48N2O3/c1-17(2)27-23(8,9)25(27,15-19(31)29-27)22(6,7)16-32-20-30-26(14-18-12-13-18)24(10,11)28(26,33-20)21(3,4)5/h17-18,20,30H,12-16H2,1-11H3,(H,29,31)/t20?,25?,26-,27-,28?/m0/s1. The molecule has 0 radical (unpaired) electrons. The van der Waals surface area contributed by atoms with Gasteiger partial charge in [0.05, 0.1) is 17.7 Å². The second kappa shape index (κ2) is 6.18. The van der Waals surface area contributed by atoms with E-state index in [0.717, 1.165) is 5.92 Å². The average Bonchev–Trinajstić information content (AvgIpc) is 3.49. The van der Waals surface area contributed by atoms with Crippen molar-refractivity contribution >= 4 is 5.91 Å². The van der Waals surface area contributed by atoms with E-state index in [1.54, 1.807) is 0 Å². The number of carbonyl (C=O) groups excluding carboxylic acids is 1. The highest BCUT2D eigenvalue weighted by atomic mass is 16.7. The number of hydrogen-bond acceptors (Lipinski definition) is 4. The third kappa shape index (κ3) is 2.34. The zero-order valence-electron chi connectivity index (χ0n) is 23.0. The Morgan fingerprint density at radius 1 is 1.06 bits per heavy atom. The summed E-state index contributed by atoms with van der Waals surface area (Å²) >= 11 is 0. The maximum absolute atomic E-state index is 12.6. The van der Waals surface area contributed by atoms with Gasteiger partial charge in [0.15, 0.2) is 0 Å². The average molecular weight is 461 g/mol. The lowest BCUT2D eigenvalue weighted by Gasteiger charge is -2.39. The Morgan fingerprint density at radius 3 is 2.18 bits per heavy atom. The van der Waals surface area contributed by atoms with Crippen LogP contribution in [0.5, 0.6) is 0 Å². The van der Waals surface area contributed by atoms with Crippen molar-refractivity contribution in [3.63, 3.8) is 0 Å². The molecule has 0 bridgehead atoms. The number of carbonyl (C=O) groups is 1. The van der Waals surface area contributed by atoms with Gasteiger partial charge < -0.3 is 14.8 Å². The Kier molecular flexibility index (Phi) is 4.51. The Bertz CT molecular complexity index is 882. The number of nitrogens with one attached hydrogen (secondary N) is 2. The molecule has 33 heavy (non-hydrogen) atoms. The van der Waals surface area contributed by atoms with Crippen molar-refractivity contribution in [2.75, 3.05) is 6.61 Å². The topological polar surface area (TPSA) is 59.6 Å². The third-order valence-electron chi connectivity index (χ3n) is 11.5. The highest BCUT2D eigenvalue weighted by Gasteiger charge is 2.92. The Hall–Kier alpha value is -0.650. The number of hydrogen-bond donors (Lipinski definition) is 2. The quantitative estimate of drug-likeness (QED) is 0.546. The van der Waals surface area contributed by atoms with Gasteiger partial charge in [-0.2, -0.15) is 0 Å². The summed E-state index contributed by atoms with van der Waals surface area (Å²) in [6, 6.07) is 0. The molecule has 3 unspecified atom stereocenters. The van der Waals surface area contributed by atoms with Crippen molar-refractivity contribution in [1.82, 2.24) is 10.6 Å². The van der Waals surface area contributed by atoms with Crippen LogP contribution in [0, 0.1) is 38.9 Å². The van der Waals surface area contributed by atoms with Gasteiger partial charge in [-0.25, -0.2) is 0 Å². The predicted octanol–water partition coefficient (Wildman–Crippen LogP) is 5.24. The maximum Gasteiger partial charge on any atom is 0.221 e. The van der Waals surface area contributed by atoms with Gasteiger partial charge in [-0.15, -0.1) is 0 Å². The van der Waals surface area contributed by atoms with Gasteiger partial charge in [0.2, 0.25) is 12.3 Å². The number of piperidine rings is 1. The van der Waals surface area contributed by atoms with Crippen LogP contribution in [0.25, 0.3) is 0 Å². The van der Waals surface area contributed by atoms with Crippen molar-refractivity contribution in [2.24, 2.45) is 38.9 Å². The van der Waals surface area contributed by atoms with E-state index in [9.17, 15) is 4.79 Å². The molecular weight excluding hydrogens is 412 g/mol. The van der Waals surface area contributed by atoms with Crippen LogP contribution in [0.2, 0.25) is 0 Å². The molecule has 5 rings (SSSR count). The largest absolute Gasteiger partial charge is 0.349 e. The summed E-state index contributed by atoms with van der Waals surface area (Å²) in [4.78, 5) is 12.6. The Morgan fingerprint density at radius 2 is 1.67 bits per heavy atom. The molecule has 1 amide bonds. The van der Waals surface area contributed by atoms with Crippen LogP contribution in [-0.4, -0.2) is 35.6 Å². The first kappa shape index (κ1) is 24.1. The molecule has 0 spiro atoms. The molecule has 0 aromatic heterocycles. The van der Waals surface area contributed by atoms with Gasteiger partial charge in [0, 0.05) is 17.3 Å². The molecule has 3 aliphatic carbocycles. The zero-order valence-corrected chi connectivity index (χ0v) is 23.0. The van der Waals surface area contributed by atoms with Gasteiger partial charge in [-0.3, -0.25) is 10.1 Å². The molecule has 2 heterocycles. The summed E-state index contributed by atoms with van der Waals surface area (Å²) in [5.41, 5.74) is -0.606. The van der Waals surface area contributed by atoms with Gasteiger partial charge >= 0.3 is 0 Å². The summed E-state index contributed by atoms with van der Waals surface area (Å²) < 4.78 is 13.5. The first-order valence-electron chi connectivity index (χ1n) is 13.3. The van der Waals surface area contributed by atoms with Crippen LogP contribution >= 0.6 is 0 Å². The summed E-state index contributed by atoms with van der Waals surface area (Å²) in [6.07, 6.45) is 4.04. The van der Waals surface area contributed by atoms with Gasteiger partial charge in [-0.05, 0) is 34.5 Å². The van der Waals surface area contributed by atoms with E-state index in [-0.39, 0.29) is 49.7 Å². The summed E-state index contributed by atoms with van der Waals surface area (Å²) in [5, 5.41) is 7.29. The van der Waals surface area contributed by atoms with E-state index in [1.165, 1.54) is 19.3 Å². The lowest BCUT2D eigenvalue weighted by Crippen LogP contribution is -2.46. The van der Waals surface area contributed by atoms with Crippen molar-refractivity contribution < 1.29 is 14.3 Å². The minimum Gasteiger partial charge on any atom is -0.349 e. The molecule has 5 atom stereocenters. The Balaban J connectivity index is 1.37. The second-order valence-electron chi connectivity index (χ2n) is 15.1. The number of rotatable bonds is 7. The molecule has 5 nitrogen and oxygen atoms in total. The molecular formula is C28H48N2O3. The van der Waals surface area contributed by atoms with Crippen LogP contribution in [0.3, 0.4) is 0 Å². The first-order chi connectivity index (χ1) is 14.9. The van der Waals surface area contributed by atoms with Crippen LogP contribution in [0.15, 0.2) is 0 Å². The lowest BCUT2D eigenvalue weighted by atomic mass is 9.69. The molecule has 5 heteroatoms. The van der Waals surface area contributed by atoms with Crippen LogP contribution in [0.4, 0.5) is 0 Å². The lowest BCUT2D eigenvalue weighted by molar-refractivity contribution is -0.217. The van der Waals surface area contributed by atoms with Gasteiger partial charge in [0.25, 0.3) is 0 Å². The number of ether oxygens (including phenoxy) is 2. The normalized spacial score (nSPS) is 45.1. The van der Waals surface area contributed by atoms with Crippen LogP contribution < -0.4 is 10.6 Å². The maximum atomic E-state index is 12.6. The fraction of sp³-hybridized carbons (Fsp3) is 0.964. The molecule has 2 saturated heterocycles. The molecule has 188 valence electrons. The summed E-state index contributed by atoms with van der Waals surface area (Å²) in [6.45, 7) is 26.0. The number of fused-ring (bicyclic) bond motifs is 2. The summed E-state index contributed by atoms with van der Waals surface area (Å²) in [5.74, 6) is 1.37. The van der Waals surface area contributed by atoms with Crippen molar-refractivity contribution in [3.05, 3.63) is 0 Å². The molecule has 2 aliphatic heterocycles. The zero-order chi connectivity index (χ0) is 24.7. The van der Waals surface area contributed by atoms with Crippen molar-refractivity contribution in [3.8, 4) is 0 Å². The fourth-order valence-electron chi connectivity index (χ4n) is 10.4. The third-order valence-corrected chi connectivity index (χ3v) is 11.5.